The van der Waals surface area contributed by atoms with Gasteiger partial charge in [0.15, 0.2) is 5.82 Å². The van der Waals surface area contributed by atoms with Gasteiger partial charge in [0.25, 0.3) is 0 Å². The lowest BCUT2D eigenvalue weighted by Gasteiger charge is -2.26. The zero-order valence-electron chi connectivity index (χ0n) is 16.5. The molecule has 5 rings (SSSR count). The summed E-state index contributed by atoms with van der Waals surface area (Å²) in [6, 6.07) is 7.78. The lowest BCUT2D eigenvalue weighted by atomic mass is 9.81. The third-order valence-electron chi connectivity index (χ3n) is 6.06. The summed E-state index contributed by atoms with van der Waals surface area (Å²) >= 11 is 6.35. The van der Waals surface area contributed by atoms with Gasteiger partial charge in [-0.15, -0.1) is 0 Å². The molecule has 30 heavy (non-hydrogen) atoms. The van der Waals surface area contributed by atoms with Gasteiger partial charge in [-0.1, -0.05) is 23.7 Å². The number of nitrogens with zero attached hydrogens (tertiary/aromatic N) is 4. The molecule has 4 N–H and O–H groups in total. The molecule has 9 heteroatoms. The second-order valence-corrected chi connectivity index (χ2v) is 8.18. The highest BCUT2D eigenvalue weighted by atomic mass is 35.5. The number of hydrogen-bond donors (Lipinski definition) is 3. The van der Waals surface area contributed by atoms with Gasteiger partial charge in [-0.25, -0.2) is 14.5 Å². The van der Waals surface area contributed by atoms with Crippen LogP contribution in [0.15, 0.2) is 30.6 Å². The molecule has 0 aliphatic heterocycles. The molecule has 4 aromatic rings. The second-order valence-electron chi connectivity index (χ2n) is 7.77. The number of nitrogen functional groups attached to an aromatic ring is 1. The van der Waals surface area contributed by atoms with Gasteiger partial charge in [0.05, 0.1) is 16.2 Å². The second kappa shape index (κ2) is 7.28. The molecule has 1 fully saturated rings. The van der Waals surface area contributed by atoms with Gasteiger partial charge in [-0.2, -0.15) is 5.10 Å². The average molecular weight is 424 g/mol. The number of anilines is 1. The number of fused-ring (bicyclic) bond motifs is 2. The molecular formula is C21H22ClN7O. The van der Waals surface area contributed by atoms with E-state index in [1.807, 2.05) is 24.3 Å². The summed E-state index contributed by atoms with van der Waals surface area (Å²) in [5.74, 6) is 1.61. The Morgan fingerprint density at radius 3 is 2.83 bits per heavy atom. The summed E-state index contributed by atoms with van der Waals surface area (Å²) in [4.78, 5) is 24.5. The number of nitrogens with one attached hydrogen (secondary N) is 2. The van der Waals surface area contributed by atoms with E-state index in [9.17, 15) is 4.79 Å². The zero-order valence-corrected chi connectivity index (χ0v) is 17.3. The summed E-state index contributed by atoms with van der Waals surface area (Å²) in [7, 11) is 1.69. The van der Waals surface area contributed by atoms with Crippen molar-refractivity contribution in [3.63, 3.8) is 0 Å². The van der Waals surface area contributed by atoms with Crippen LogP contribution in [0.5, 0.6) is 0 Å². The highest BCUT2D eigenvalue weighted by Gasteiger charge is 2.30. The van der Waals surface area contributed by atoms with Gasteiger partial charge in [0.1, 0.15) is 23.4 Å². The predicted molar refractivity (Wildman–Crippen MR) is 116 cm³/mol. The first-order valence-corrected chi connectivity index (χ1v) is 10.4. The number of carbonyl (C=O) groups is 1. The van der Waals surface area contributed by atoms with Crippen molar-refractivity contribution in [2.24, 2.45) is 5.92 Å². The number of halogens is 1. The van der Waals surface area contributed by atoms with Gasteiger partial charge >= 0.3 is 0 Å². The molecule has 3 aromatic heterocycles. The molecule has 0 atom stereocenters. The van der Waals surface area contributed by atoms with Crippen molar-refractivity contribution in [3.05, 3.63) is 41.4 Å². The number of carbonyl (C=O) groups excluding carboxylic acids is 1. The van der Waals surface area contributed by atoms with Crippen molar-refractivity contribution in [1.29, 1.82) is 0 Å². The molecular weight excluding hydrogens is 402 g/mol. The Kier molecular flexibility index (Phi) is 4.58. The maximum atomic E-state index is 12.0. The fourth-order valence-corrected chi connectivity index (χ4v) is 4.72. The number of benzene rings is 1. The van der Waals surface area contributed by atoms with Crippen LogP contribution < -0.4 is 11.1 Å². The van der Waals surface area contributed by atoms with Crippen LogP contribution in [-0.2, 0) is 4.79 Å². The van der Waals surface area contributed by atoms with Crippen LogP contribution in [0.1, 0.15) is 37.4 Å². The van der Waals surface area contributed by atoms with E-state index in [1.54, 1.807) is 11.6 Å². The molecule has 1 aromatic carbocycles. The van der Waals surface area contributed by atoms with Crippen molar-refractivity contribution >= 4 is 39.7 Å². The molecule has 1 aliphatic rings. The maximum absolute atomic E-state index is 12.0. The Bertz CT molecular complexity index is 1250. The topological polar surface area (TPSA) is 114 Å². The van der Waals surface area contributed by atoms with E-state index in [1.165, 1.54) is 6.33 Å². The average Bonchev–Trinajstić information content (AvgIpc) is 3.37. The van der Waals surface area contributed by atoms with Crippen LogP contribution in [0.25, 0.3) is 27.8 Å². The largest absolute Gasteiger partial charge is 0.382 e. The molecule has 0 unspecified atom stereocenters. The van der Waals surface area contributed by atoms with Crippen molar-refractivity contribution < 1.29 is 4.79 Å². The summed E-state index contributed by atoms with van der Waals surface area (Å²) in [6.07, 6.45) is 4.86. The molecule has 1 amide bonds. The van der Waals surface area contributed by atoms with Crippen LogP contribution in [0.2, 0.25) is 5.02 Å². The van der Waals surface area contributed by atoms with Crippen LogP contribution in [0.3, 0.4) is 0 Å². The standard InChI is InChI=1S/C21H22ClN7O/c1-24-21(30)12-7-5-11(6-8-12)20-28-17(18-19(23)25-10-26-29(18)20)15-9-13-3-2-4-14(22)16(13)27-15/h2-4,9-12,27H,5-8H2,1H3,(H,24,30)(H2,23,25,26). The number of amides is 1. The lowest BCUT2D eigenvalue weighted by Crippen LogP contribution is -2.30. The van der Waals surface area contributed by atoms with Gasteiger partial charge in [-0.05, 0) is 37.8 Å². The Balaban J connectivity index is 1.59. The number of aromatic nitrogens is 5. The van der Waals surface area contributed by atoms with Crippen molar-refractivity contribution in [3.8, 4) is 11.4 Å². The smallest absolute Gasteiger partial charge is 0.222 e. The monoisotopic (exact) mass is 423 g/mol. The number of imidazole rings is 1. The first-order chi connectivity index (χ1) is 14.6. The minimum atomic E-state index is 0.0625. The van der Waals surface area contributed by atoms with E-state index < -0.39 is 0 Å². The Morgan fingerprint density at radius 2 is 2.10 bits per heavy atom. The van der Waals surface area contributed by atoms with E-state index in [0.717, 1.165) is 48.1 Å². The Labute approximate surface area is 177 Å². The number of nitrogens with two attached hydrogens (primary N) is 1. The number of rotatable bonds is 3. The van der Waals surface area contributed by atoms with Gasteiger partial charge in [0, 0.05) is 24.3 Å². The van der Waals surface area contributed by atoms with E-state index in [2.05, 4.69) is 20.4 Å². The highest BCUT2D eigenvalue weighted by Crippen LogP contribution is 2.38. The number of para-hydroxylation sites is 1. The van der Waals surface area contributed by atoms with Crippen LogP contribution >= 0.6 is 11.6 Å². The lowest BCUT2D eigenvalue weighted by molar-refractivity contribution is -0.125. The molecule has 0 bridgehead atoms. The first-order valence-electron chi connectivity index (χ1n) is 10.0. The van der Waals surface area contributed by atoms with Gasteiger partial charge < -0.3 is 16.0 Å². The van der Waals surface area contributed by atoms with Gasteiger partial charge in [0.2, 0.25) is 5.91 Å². The third kappa shape index (κ3) is 2.99. The molecule has 154 valence electrons. The van der Waals surface area contributed by atoms with E-state index in [0.29, 0.717) is 22.1 Å². The maximum Gasteiger partial charge on any atom is 0.222 e. The number of H-pyrrole nitrogens is 1. The van der Waals surface area contributed by atoms with Gasteiger partial charge in [-0.3, -0.25) is 4.79 Å². The fourth-order valence-electron chi connectivity index (χ4n) is 4.49. The molecule has 0 radical (unpaired) electrons. The van der Waals surface area contributed by atoms with Crippen molar-refractivity contribution in [2.45, 2.75) is 31.6 Å². The molecule has 1 aliphatic carbocycles. The highest BCUT2D eigenvalue weighted by molar-refractivity contribution is 6.35. The van der Waals surface area contributed by atoms with E-state index >= 15 is 0 Å². The fraction of sp³-hybridized carbons (Fsp3) is 0.333. The number of aromatic amines is 1. The minimum absolute atomic E-state index is 0.0625. The van der Waals surface area contributed by atoms with Crippen LogP contribution in [-0.4, -0.2) is 37.5 Å². The molecule has 1 saturated carbocycles. The predicted octanol–water partition coefficient (Wildman–Crippen LogP) is 3.53. The normalized spacial score (nSPS) is 19.4. The third-order valence-corrected chi connectivity index (χ3v) is 6.37. The molecule has 3 heterocycles. The number of hydrogen-bond acceptors (Lipinski definition) is 5. The summed E-state index contributed by atoms with van der Waals surface area (Å²) in [5.41, 5.74) is 9.31. The zero-order chi connectivity index (χ0) is 20.8. The molecule has 0 spiro atoms. The Morgan fingerprint density at radius 1 is 1.30 bits per heavy atom. The summed E-state index contributed by atoms with van der Waals surface area (Å²) < 4.78 is 1.80. The first kappa shape index (κ1) is 18.9. The SMILES string of the molecule is CNC(=O)C1CCC(c2nc(-c3cc4cccc(Cl)c4[nH]3)c3c(N)ncnn23)CC1. The molecule has 8 nitrogen and oxygen atoms in total. The summed E-state index contributed by atoms with van der Waals surface area (Å²) in [5, 5.41) is 8.86. The minimum Gasteiger partial charge on any atom is -0.382 e. The molecule has 0 saturated heterocycles. The van der Waals surface area contributed by atoms with Crippen LogP contribution in [0.4, 0.5) is 5.82 Å². The summed E-state index contributed by atoms with van der Waals surface area (Å²) in [6.45, 7) is 0. The van der Waals surface area contributed by atoms with E-state index in [-0.39, 0.29) is 17.7 Å². The van der Waals surface area contributed by atoms with Crippen molar-refractivity contribution in [1.82, 2.24) is 29.9 Å². The van der Waals surface area contributed by atoms with E-state index in [4.69, 9.17) is 22.3 Å². The Hall–Kier alpha value is -3.13. The van der Waals surface area contributed by atoms with Crippen LogP contribution in [0, 0.1) is 5.92 Å². The van der Waals surface area contributed by atoms with Crippen molar-refractivity contribution in [2.75, 3.05) is 12.8 Å². The quantitative estimate of drug-likeness (QED) is 0.466.